The lowest BCUT2D eigenvalue weighted by Crippen LogP contribution is -2.42. The normalized spacial score (nSPS) is 21.8. The zero-order chi connectivity index (χ0) is 26.1. The van der Waals surface area contributed by atoms with Crippen LogP contribution >= 0.6 is 0 Å². The number of nitrogens with zero attached hydrogens (tertiary/aromatic N) is 2. The Morgan fingerprint density at radius 1 is 0.895 bits per heavy atom. The molecule has 0 radical (unpaired) electrons. The number of aromatic nitrogens is 2. The monoisotopic (exact) mass is 510 g/mol. The molecule has 3 aromatic carbocycles. The van der Waals surface area contributed by atoms with Gasteiger partial charge in [-0.2, -0.15) is 4.98 Å². The van der Waals surface area contributed by atoms with Crippen LogP contribution in [0, 0.1) is 0 Å². The third-order valence-corrected chi connectivity index (χ3v) is 6.91. The summed E-state index contributed by atoms with van der Waals surface area (Å²) in [5, 5.41) is 0. The van der Waals surface area contributed by atoms with E-state index in [0.29, 0.717) is 0 Å². The fourth-order valence-electron chi connectivity index (χ4n) is 5.30. The molecule has 38 heavy (non-hydrogen) atoms. The number of ether oxygens (including phenoxy) is 4. The molecule has 4 aromatic rings. The van der Waals surface area contributed by atoms with Gasteiger partial charge < -0.3 is 18.9 Å². The minimum atomic E-state index is -0.962. The van der Waals surface area contributed by atoms with Gasteiger partial charge in [0.05, 0.1) is 6.61 Å². The molecule has 0 bridgehead atoms. The van der Waals surface area contributed by atoms with Gasteiger partial charge in [-0.3, -0.25) is 14.2 Å². The molecule has 1 aromatic heterocycles. The number of carbonyl (C=O) groups is 1. The van der Waals surface area contributed by atoms with E-state index in [1.165, 1.54) is 13.0 Å². The highest BCUT2D eigenvalue weighted by atomic mass is 16.7. The Balaban J connectivity index is 1.39. The van der Waals surface area contributed by atoms with Crippen molar-refractivity contribution in [3.63, 3.8) is 0 Å². The van der Waals surface area contributed by atoms with Gasteiger partial charge in [-0.25, -0.2) is 0 Å². The molecule has 3 heterocycles. The maximum absolute atomic E-state index is 12.1. The van der Waals surface area contributed by atoms with Crippen LogP contribution < -0.4 is 10.3 Å². The Morgan fingerprint density at radius 2 is 1.45 bits per heavy atom. The number of esters is 1. The second-order valence-electron chi connectivity index (χ2n) is 9.27. The summed E-state index contributed by atoms with van der Waals surface area (Å²) in [5.74, 6) is -0.466. The van der Waals surface area contributed by atoms with Crippen molar-refractivity contribution in [2.24, 2.45) is 0 Å². The van der Waals surface area contributed by atoms with E-state index in [2.05, 4.69) is 4.98 Å². The van der Waals surface area contributed by atoms with E-state index in [1.807, 2.05) is 91.0 Å². The lowest BCUT2D eigenvalue weighted by molar-refractivity contribution is -0.156. The molecule has 2 aliphatic rings. The van der Waals surface area contributed by atoms with Crippen molar-refractivity contribution in [2.75, 3.05) is 6.61 Å². The summed E-state index contributed by atoms with van der Waals surface area (Å²) < 4.78 is 26.5. The predicted octanol–water partition coefficient (Wildman–Crippen LogP) is 3.84. The van der Waals surface area contributed by atoms with Crippen LogP contribution in [0.1, 0.15) is 29.8 Å². The second kappa shape index (κ2) is 9.89. The number of fused-ring (bicyclic) bond motifs is 3. The molecule has 192 valence electrons. The van der Waals surface area contributed by atoms with E-state index in [0.717, 1.165) is 16.7 Å². The SMILES string of the molecule is CC(=O)OC1C(COC(c2ccccc2)(c2ccccc2)c2ccccc2)OC2C1Oc1nc(=O)ccn12. The van der Waals surface area contributed by atoms with Crippen molar-refractivity contribution in [2.45, 2.75) is 37.1 Å². The molecule has 4 atom stereocenters. The first-order chi connectivity index (χ1) is 18.6. The quantitative estimate of drug-likeness (QED) is 0.276. The summed E-state index contributed by atoms with van der Waals surface area (Å²) in [6, 6.07) is 31.5. The predicted molar refractivity (Wildman–Crippen MR) is 138 cm³/mol. The first-order valence-corrected chi connectivity index (χ1v) is 12.5. The topological polar surface area (TPSA) is 88.9 Å². The molecule has 4 unspecified atom stereocenters. The van der Waals surface area contributed by atoms with Crippen LogP contribution in [0.3, 0.4) is 0 Å². The summed E-state index contributed by atoms with van der Waals surface area (Å²) >= 11 is 0. The number of hydrogen-bond donors (Lipinski definition) is 0. The molecule has 2 aliphatic heterocycles. The van der Waals surface area contributed by atoms with Gasteiger partial charge in [-0.05, 0) is 16.7 Å². The number of hydrogen-bond acceptors (Lipinski definition) is 7. The van der Waals surface area contributed by atoms with Gasteiger partial charge in [0, 0.05) is 19.2 Å². The highest BCUT2D eigenvalue weighted by molar-refractivity contribution is 5.66. The van der Waals surface area contributed by atoms with Gasteiger partial charge in [0.1, 0.15) is 11.7 Å². The Morgan fingerprint density at radius 3 is 1.97 bits per heavy atom. The maximum Gasteiger partial charge on any atom is 0.303 e. The van der Waals surface area contributed by atoms with Crippen LogP contribution in [0.15, 0.2) is 108 Å². The lowest BCUT2D eigenvalue weighted by Gasteiger charge is -2.37. The Labute approximate surface area is 219 Å². The number of carbonyl (C=O) groups excluding carboxylic acids is 1. The molecule has 6 rings (SSSR count). The molecule has 1 fully saturated rings. The number of rotatable bonds is 7. The third-order valence-electron chi connectivity index (χ3n) is 6.91. The number of benzene rings is 3. The van der Waals surface area contributed by atoms with Gasteiger partial charge in [-0.1, -0.05) is 91.0 Å². The van der Waals surface area contributed by atoms with Crippen molar-refractivity contribution in [1.29, 1.82) is 0 Å². The highest BCUT2D eigenvalue weighted by Crippen LogP contribution is 2.44. The van der Waals surface area contributed by atoms with E-state index < -0.39 is 41.7 Å². The van der Waals surface area contributed by atoms with Crippen LogP contribution in [0.5, 0.6) is 6.01 Å². The smallest absolute Gasteiger partial charge is 0.303 e. The molecular weight excluding hydrogens is 484 g/mol. The molecule has 8 heteroatoms. The maximum atomic E-state index is 12.1. The minimum absolute atomic E-state index is 0.0932. The second-order valence-corrected chi connectivity index (χ2v) is 9.27. The van der Waals surface area contributed by atoms with Crippen molar-refractivity contribution in [1.82, 2.24) is 9.55 Å². The molecule has 0 amide bonds. The van der Waals surface area contributed by atoms with Crippen LogP contribution in [0.25, 0.3) is 0 Å². The molecule has 0 N–H and O–H groups in total. The molecule has 0 aliphatic carbocycles. The van der Waals surface area contributed by atoms with Crippen molar-refractivity contribution >= 4 is 5.97 Å². The summed E-state index contributed by atoms with van der Waals surface area (Å²) in [6.07, 6.45) is -1.12. The van der Waals surface area contributed by atoms with E-state index in [9.17, 15) is 9.59 Å². The molecule has 0 spiro atoms. The van der Waals surface area contributed by atoms with Crippen molar-refractivity contribution in [3.05, 3.63) is 130 Å². The fourth-order valence-corrected chi connectivity index (χ4v) is 5.30. The molecule has 1 saturated heterocycles. The summed E-state index contributed by atoms with van der Waals surface area (Å²) in [7, 11) is 0. The van der Waals surface area contributed by atoms with Crippen LogP contribution in [-0.4, -0.2) is 40.4 Å². The van der Waals surface area contributed by atoms with E-state index in [-0.39, 0.29) is 12.6 Å². The van der Waals surface area contributed by atoms with Crippen molar-refractivity contribution < 1.29 is 23.7 Å². The summed E-state index contributed by atoms with van der Waals surface area (Å²) in [6.45, 7) is 1.44. The van der Waals surface area contributed by atoms with Gasteiger partial charge in [-0.15, -0.1) is 0 Å². The first-order valence-electron chi connectivity index (χ1n) is 12.5. The zero-order valence-electron chi connectivity index (χ0n) is 20.7. The average Bonchev–Trinajstić information content (AvgIpc) is 3.46. The Kier molecular flexibility index (Phi) is 6.27. The third kappa shape index (κ3) is 4.17. The molecule has 0 saturated carbocycles. The zero-order valence-corrected chi connectivity index (χ0v) is 20.7. The van der Waals surface area contributed by atoms with Crippen LogP contribution in [-0.2, 0) is 24.6 Å². The van der Waals surface area contributed by atoms with Gasteiger partial charge in [0.2, 0.25) is 0 Å². The minimum Gasteiger partial charge on any atom is -0.456 e. The molecule has 8 nitrogen and oxygen atoms in total. The van der Waals surface area contributed by atoms with Crippen LogP contribution in [0.4, 0.5) is 0 Å². The van der Waals surface area contributed by atoms with E-state index >= 15 is 0 Å². The Hall–Kier alpha value is -4.27. The standard InChI is InChI=1S/C30H26N2O6/c1-20(33)36-26-24(37-28-27(26)38-29-31-25(34)17-18-32(28)29)19-35-30(21-11-5-2-6-12-21,22-13-7-3-8-14-22)23-15-9-4-10-16-23/h2-18,24,26-28H,19H2,1H3. The highest BCUT2D eigenvalue weighted by Gasteiger charge is 2.54. The lowest BCUT2D eigenvalue weighted by atomic mass is 9.80. The van der Waals surface area contributed by atoms with E-state index in [1.54, 1.807) is 10.8 Å². The molecular formula is C30H26N2O6. The van der Waals surface area contributed by atoms with Gasteiger partial charge >= 0.3 is 12.0 Å². The van der Waals surface area contributed by atoms with Gasteiger partial charge in [0.15, 0.2) is 18.4 Å². The summed E-state index contributed by atoms with van der Waals surface area (Å²) in [5.41, 5.74) is 1.46. The van der Waals surface area contributed by atoms with Gasteiger partial charge in [0.25, 0.3) is 5.56 Å². The van der Waals surface area contributed by atoms with Crippen molar-refractivity contribution in [3.8, 4) is 6.01 Å². The summed E-state index contributed by atoms with van der Waals surface area (Å²) in [4.78, 5) is 27.7. The average molecular weight is 511 g/mol. The first kappa shape index (κ1) is 24.1. The van der Waals surface area contributed by atoms with Crippen LogP contribution in [0.2, 0.25) is 0 Å². The largest absolute Gasteiger partial charge is 0.456 e. The fraction of sp³-hybridized carbons (Fsp3) is 0.233. The van der Waals surface area contributed by atoms with E-state index in [4.69, 9.17) is 18.9 Å². The Bertz CT molecular complexity index is 1380.